The Kier molecular flexibility index (Phi) is 13.4. The van der Waals surface area contributed by atoms with E-state index in [1.807, 2.05) is 54.6 Å². The van der Waals surface area contributed by atoms with Gasteiger partial charge in [-0.1, -0.05) is 106 Å². The number of fused-ring (bicyclic) bond motifs is 1. The molecule has 0 saturated heterocycles. The fourth-order valence-corrected chi connectivity index (χ4v) is 8.88. The van der Waals surface area contributed by atoms with Gasteiger partial charge in [0, 0.05) is 5.92 Å². The third kappa shape index (κ3) is 9.44. The molecule has 0 spiro atoms. The standard InChI is InChI=1S/C44H62O6/c1-32-19-21-38(49-30-47-28-35-14-9-7-10-15-35)26-37(32)27-41(45)44(46)25-13-24-43(6)39(22-23-40(43)44)33(2)18-20-34(3)42(4,5)50-31-48-29-36-16-11-8-12-17-36/h7-12,14-18,20,27,33-34,38-41,45-46H,1,13,19,21-26,28-31H2,2-6H3/b20-18+,37-27-/t33-,34+,38+,39-,40-,41?,43-,44?/m1/s1. The highest BCUT2D eigenvalue weighted by atomic mass is 16.7. The molecule has 50 heavy (non-hydrogen) atoms. The normalized spacial score (nSPS) is 30.0. The molecule has 0 aromatic heterocycles. The van der Waals surface area contributed by atoms with Crippen molar-refractivity contribution in [2.75, 3.05) is 13.6 Å². The summed E-state index contributed by atoms with van der Waals surface area (Å²) in [5.41, 5.74) is 2.71. The molecule has 274 valence electrons. The number of hydrogen-bond donors (Lipinski definition) is 2. The molecule has 3 aliphatic carbocycles. The topological polar surface area (TPSA) is 77.4 Å². The Balaban J connectivity index is 1.15. The van der Waals surface area contributed by atoms with E-state index in [1.165, 1.54) is 0 Å². The van der Waals surface area contributed by atoms with Crippen LogP contribution < -0.4 is 0 Å². The number of aliphatic hydroxyl groups is 2. The van der Waals surface area contributed by atoms with Crippen LogP contribution in [0.3, 0.4) is 0 Å². The van der Waals surface area contributed by atoms with Crippen LogP contribution in [0.25, 0.3) is 0 Å². The molecule has 2 aromatic rings. The SMILES string of the molecule is C=C1CC[C@H](OCOCc2ccccc2)C/C1=C/C(O)C1(O)CCC[C@]2(C)[C@@H]([C@H](C)/C=C/[C@H](C)C(C)(C)OCOCc3ccccc3)CC[C@@H]12. The van der Waals surface area contributed by atoms with Crippen LogP contribution in [0.4, 0.5) is 0 Å². The van der Waals surface area contributed by atoms with Gasteiger partial charge in [0.25, 0.3) is 0 Å². The molecule has 0 heterocycles. The second-order valence-electron chi connectivity index (χ2n) is 16.0. The predicted octanol–water partition coefficient (Wildman–Crippen LogP) is 9.32. The largest absolute Gasteiger partial charge is 0.387 e. The predicted molar refractivity (Wildman–Crippen MR) is 200 cm³/mol. The van der Waals surface area contributed by atoms with Gasteiger partial charge in [-0.3, -0.25) is 0 Å². The molecule has 2 unspecified atom stereocenters. The summed E-state index contributed by atoms with van der Waals surface area (Å²) in [4.78, 5) is 0. The minimum Gasteiger partial charge on any atom is -0.387 e. The molecule has 6 nitrogen and oxygen atoms in total. The van der Waals surface area contributed by atoms with Crippen molar-refractivity contribution in [2.24, 2.45) is 29.1 Å². The molecule has 2 N–H and O–H groups in total. The number of hydrogen-bond acceptors (Lipinski definition) is 6. The van der Waals surface area contributed by atoms with Crippen molar-refractivity contribution in [1.82, 2.24) is 0 Å². The van der Waals surface area contributed by atoms with Crippen molar-refractivity contribution in [3.05, 3.63) is 108 Å². The van der Waals surface area contributed by atoms with Gasteiger partial charge in [-0.25, -0.2) is 0 Å². The first-order valence-electron chi connectivity index (χ1n) is 18.9. The van der Waals surface area contributed by atoms with Gasteiger partial charge in [-0.15, -0.1) is 0 Å². The molecule has 0 bridgehead atoms. The lowest BCUT2D eigenvalue weighted by atomic mass is 9.56. The summed E-state index contributed by atoms with van der Waals surface area (Å²) in [5, 5.41) is 24.1. The summed E-state index contributed by atoms with van der Waals surface area (Å²) in [6.07, 6.45) is 12.5. The molecule has 2 aromatic carbocycles. The van der Waals surface area contributed by atoms with Crippen molar-refractivity contribution in [2.45, 2.75) is 123 Å². The number of benzene rings is 2. The van der Waals surface area contributed by atoms with Gasteiger partial charge >= 0.3 is 0 Å². The zero-order valence-corrected chi connectivity index (χ0v) is 31.2. The molecule has 3 aliphatic rings. The van der Waals surface area contributed by atoms with E-state index < -0.39 is 11.7 Å². The van der Waals surface area contributed by atoms with E-state index in [2.05, 4.69) is 65.5 Å². The van der Waals surface area contributed by atoms with Gasteiger partial charge in [0.15, 0.2) is 0 Å². The molecule has 8 atom stereocenters. The van der Waals surface area contributed by atoms with Crippen LogP contribution in [0.1, 0.15) is 97.1 Å². The van der Waals surface area contributed by atoms with E-state index in [1.54, 1.807) is 0 Å². The summed E-state index contributed by atoms with van der Waals surface area (Å²) >= 11 is 0. The number of rotatable bonds is 16. The first-order chi connectivity index (χ1) is 23.9. The minimum absolute atomic E-state index is 0.00377. The van der Waals surface area contributed by atoms with Crippen LogP contribution in [0.15, 0.2) is 96.6 Å². The second-order valence-corrected chi connectivity index (χ2v) is 16.0. The Morgan fingerprint density at radius 2 is 1.54 bits per heavy atom. The molecule has 3 fully saturated rings. The van der Waals surface area contributed by atoms with E-state index in [4.69, 9.17) is 18.9 Å². The van der Waals surface area contributed by atoms with Gasteiger partial charge in [0.2, 0.25) is 0 Å². The Hall–Kier alpha value is -2.58. The third-order valence-corrected chi connectivity index (χ3v) is 12.4. The first kappa shape index (κ1) is 38.6. The summed E-state index contributed by atoms with van der Waals surface area (Å²) in [6.45, 7) is 17.0. The summed E-state index contributed by atoms with van der Waals surface area (Å²) < 4.78 is 23.9. The summed E-state index contributed by atoms with van der Waals surface area (Å²) in [7, 11) is 0. The number of allylic oxidation sites excluding steroid dienone is 2. The van der Waals surface area contributed by atoms with Crippen molar-refractivity contribution in [3.8, 4) is 0 Å². The molecule has 3 saturated carbocycles. The van der Waals surface area contributed by atoms with Crippen LogP contribution >= 0.6 is 0 Å². The Labute approximate surface area is 301 Å². The lowest BCUT2D eigenvalue weighted by Gasteiger charge is -2.52. The zero-order chi connectivity index (χ0) is 35.8. The third-order valence-electron chi connectivity index (χ3n) is 12.4. The van der Waals surface area contributed by atoms with Crippen molar-refractivity contribution in [1.29, 1.82) is 0 Å². The summed E-state index contributed by atoms with van der Waals surface area (Å²) in [6, 6.07) is 20.3. The lowest BCUT2D eigenvalue weighted by molar-refractivity contribution is -0.156. The van der Waals surface area contributed by atoms with Crippen LogP contribution in [0.2, 0.25) is 0 Å². The van der Waals surface area contributed by atoms with Gasteiger partial charge in [0.05, 0.1) is 30.5 Å². The van der Waals surface area contributed by atoms with Gasteiger partial charge in [-0.2, -0.15) is 0 Å². The quantitative estimate of drug-likeness (QED) is 0.104. The Bertz CT molecular complexity index is 1420. The lowest BCUT2D eigenvalue weighted by Crippen LogP contribution is -2.56. The molecule has 0 aliphatic heterocycles. The molecular formula is C44H62O6. The van der Waals surface area contributed by atoms with Crippen molar-refractivity contribution in [3.63, 3.8) is 0 Å². The second kappa shape index (κ2) is 17.3. The highest BCUT2D eigenvalue weighted by Gasteiger charge is 2.59. The maximum Gasteiger partial charge on any atom is 0.147 e. The molecule has 6 heteroatoms. The highest BCUT2D eigenvalue weighted by Crippen LogP contribution is 2.61. The zero-order valence-electron chi connectivity index (χ0n) is 31.2. The van der Waals surface area contributed by atoms with E-state index in [0.29, 0.717) is 37.9 Å². The molecule has 0 amide bonds. The van der Waals surface area contributed by atoms with Gasteiger partial charge < -0.3 is 29.2 Å². The smallest absolute Gasteiger partial charge is 0.147 e. The average Bonchev–Trinajstić information content (AvgIpc) is 3.48. The maximum atomic E-state index is 12.3. The fraction of sp³-hybridized carbons (Fsp3) is 0.591. The van der Waals surface area contributed by atoms with E-state index in [9.17, 15) is 10.2 Å². The van der Waals surface area contributed by atoms with Crippen LogP contribution in [0.5, 0.6) is 0 Å². The van der Waals surface area contributed by atoms with E-state index in [0.717, 1.165) is 60.8 Å². The van der Waals surface area contributed by atoms with Crippen LogP contribution in [-0.2, 0) is 32.2 Å². The Morgan fingerprint density at radius 1 is 0.900 bits per heavy atom. The number of ether oxygens (including phenoxy) is 4. The van der Waals surface area contributed by atoms with Crippen molar-refractivity contribution < 1.29 is 29.2 Å². The van der Waals surface area contributed by atoms with Crippen LogP contribution in [-0.4, -0.2) is 47.2 Å². The number of aliphatic hydroxyl groups excluding tert-OH is 1. The molecule has 5 rings (SSSR count). The summed E-state index contributed by atoms with van der Waals surface area (Å²) in [5.74, 6) is 0.999. The molecular weight excluding hydrogens is 624 g/mol. The molecule has 0 radical (unpaired) electrons. The van der Waals surface area contributed by atoms with Crippen LogP contribution in [0, 0.1) is 29.1 Å². The fourth-order valence-electron chi connectivity index (χ4n) is 8.88. The maximum absolute atomic E-state index is 12.3. The minimum atomic E-state index is -1.16. The van der Waals surface area contributed by atoms with Gasteiger partial charge in [0.1, 0.15) is 19.7 Å². The van der Waals surface area contributed by atoms with Crippen molar-refractivity contribution >= 4 is 0 Å². The highest BCUT2D eigenvalue weighted by molar-refractivity contribution is 5.33. The average molecular weight is 687 g/mol. The Morgan fingerprint density at radius 3 is 2.20 bits per heavy atom. The van der Waals surface area contributed by atoms with E-state index >= 15 is 0 Å². The van der Waals surface area contributed by atoms with Gasteiger partial charge in [-0.05, 0) is 111 Å². The van der Waals surface area contributed by atoms with E-state index in [-0.39, 0.29) is 42.5 Å². The first-order valence-corrected chi connectivity index (χ1v) is 18.9. The monoisotopic (exact) mass is 686 g/mol.